The van der Waals surface area contributed by atoms with Gasteiger partial charge in [0, 0.05) is 4.90 Å². The largest absolute Gasteiger partial charge is 0.142 e. The highest BCUT2D eigenvalue weighted by molar-refractivity contribution is 7.80. The molecule has 0 aliphatic carbocycles. The molecule has 2 aromatic rings. The maximum Gasteiger partial charge on any atom is 0.0197 e. The summed E-state index contributed by atoms with van der Waals surface area (Å²) in [6, 6.07) is 10.3. The van der Waals surface area contributed by atoms with Crippen molar-refractivity contribution < 1.29 is 0 Å². The van der Waals surface area contributed by atoms with Gasteiger partial charge in [0.2, 0.25) is 0 Å². The fourth-order valence-electron chi connectivity index (χ4n) is 1.75. The summed E-state index contributed by atoms with van der Waals surface area (Å²) < 4.78 is 0. The molecule has 0 atom stereocenters. The van der Waals surface area contributed by atoms with Crippen LogP contribution in [0.5, 0.6) is 0 Å². The van der Waals surface area contributed by atoms with Crippen LogP contribution in [0.4, 0.5) is 0 Å². The van der Waals surface area contributed by atoms with Gasteiger partial charge in [-0.3, -0.25) is 0 Å². The molecule has 0 spiro atoms. The summed E-state index contributed by atoms with van der Waals surface area (Å²) in [5, 5.41) is 2.34. The van der Waals surface area contributed by atoms with E-state index in [2.05, 4.69) is 44.0 Å². The number of hydrogen-bond acceptors (Lipinski definition) is 1. The summed E-state index contributed by atoms with van der Waals surface area (Å²) in [4.78, 5) is 0.970. The Labute approximate surface area is 95.3 Å². The van der Waals surface area contributed by atoms with Crippen LogP contribution in [-0.4, -0.2) is 0 Å². The van der Waals surface area contributed by atoms with Crippen LogP contribution < -0.4 is 0 Å². The molecule has 15 heavy (non-hydrogen) atoms. The first-order valence-electron chi connectivity index (χ1n) is 4.77. The molecule has 0 saturated heterocycles. The Kier molecular flexibility index (Phi) is 2.65. The summed E-state index contributed by atoms with van der Waals surface area (Å²) in [6.07, 6.45) is 3.66. The number of fused-ring (bicyclic) bond motifs is 1. The van der Waals surface area contributed by atoms with Gasteiger partial charge in [0.05, 0.1) is 0 Å². The summed E-state index contributed by atoms with van der Waals surface area (Å²) >= 11 is 4.55. The minimum atomic E-state index is 0.970. The highest BCUT2D eigenvalue weighted by Gasteiger charge is 2.05. The van der Waals surface area contributed by atoms with Gasteiger partial charge in [-0.2, -0.15) is 0 Å². The fraction of sp³-hybridized carbons (Fsp3) is 0. The van der Waals surface area contributed by atoms with Crippen LogP contribution in [0.1, 0.15) is 11.1 Å². The second-order valence-corrected chi connectivity index (χ2v) is 3.80. The first kappa shape index (κ1) is 10.1. The van der Waals surface area contributed by atoms with Crippen molar-refractivity contribution in [1.82, 2.24) is 0 Å². The smallest absolute Gasteiger partial charge is 0.0197 e. The predicted octanol–water partition coefficient (Wildman–Crippen LogP) is 4.41. The van der Waals surface area contributed by atoms with Gasteiger partial charge in [-0.15, -0.1) is 12.6 Å². The molecule has 0 aliphatic heterocycles. The third-order valence-electron chi connectivity index (χ3n) is 2.52. The second kappa shape index (κ2) is 3.95. The fourth-order valence-corrected chi connectivity index (χ4v) is 2.17. The van der Waals surface area contributed by atoms with Crippen molar-refractivity contribution in [3.05, 3.63) is 54.6 Å². The van der Waals surface area contributed by atoms with Crippen LogP contribution in [0.2, 0.25) is 0 Å². The van der Waals surface area contributed by atoms with Gasteiger partial charge in [-0.25, -0.2) is 0 Å². The molecule has 0 nitrogen and oxygen atoms in total. The van der Waals surface area contributed by atoms with E-state index in [1.807, 2.05) is 24.3 Å². The molecule has 0 radical (unpaired) electrons. The number of benzene rings is 2. The molecule has 0 unspecified atom stereocenters. The standard InChI is InChI=1S/C14H12S/c1-3-10-9-11-7-5-6-8-13(11)14(15)12(10)4-2/h3-9,15H,1-2H2. The van der Waals surface area contributed by atoms with Crippen LogP contribution in [0.25, 0.3) is 22.9 Å². The average Bonchev–Trinajstić information content (AvgIpc) is 2.29. The number of hydrogen-bond donors (Lipinski definition) is 1. The molecule has 0 amide bonds. The van der Waals surface area contributed by atoms with E-state index in [-0.39, 0.29) is 0 Å². The van der Waals surface area contributed by atoms with Crippen molar-refractivity contribution in [3.63, 3.8) is 0 Å². The Morgan fingerprint density at radius 1 is 1.07 bits per heavy atom. The molecule has 2 rings (SSSR count). The van der Waals surface area contributed by atoms with Gasteiger partial charge < -0.3 is 0 Å². The monoisotopic (exact) mass is 212 g/mol. The Hall–Kier alpha value is -1.47. The predicted molar refractivity (Wildman–Crippen MR) is 71.4 cm³/mol. The van der Waals surface area contributed by atoms with Crippen LogP contribution in [0, 0.1) is 0 Å². The van der Waals surface area contributed by atoms with Crippen LogP contribution in [0.3, 0.4) is 0 Å². The molecule has 0 bridgehead atoms. The molecule has 0 aromatic heterocycles. The SMILES string of the molecule is C=Cc1cc2ccccc2c(S)c1C=C. The quantitative estimate of drug-likeness (QED) is 0.700. The highest BCUT2D eigenvalue weighted by atomic mass is 32.1. The van der Waals surface area contributed by atoms with E-state index in [0.717, 1.165) is 21.4 Å². The molecule has 2 aromatic carbocycles. The van der Waals surface area contributed by atoms with Crippen molar-refractivity contribution in [2.24, 2.45) is 0 Å². The molecule has 0 fully saturated rings. The van der Waals surface area contributed by atoms with E-state index in [4.69, 9.17) is 0 Å². The van der Waals surface area contributed by atoms with E-state index in [0.29, 0.717) is 0 Å². The van der Waals surface area contributed by atoms with E-state index in [9.17, 15) is 0 Å². The average molecular weight is 212 g/mol. The zero-order valence-corrected chi connectivity index (χ0v) is 9.30. The topological polar surface area (TPSA) is 0 Å². The molecule has 74 valence electrons. The van der Waals surface area contributed by atoms with E-state index < -0.39 is 0 Å². The van der Waals surface area contributed by atoms with Gasteiger partial charge in [0.15, 0.2) is 0 Å². The summed E-state index contributed by atoms with van der Waals surface area (Å²) in [7, 11) is 0. The van der Waals surface area contributed by atoms with E-state index >= 15 is 0 Å². The number of rotatable bonds is 2. The highest BCUT2D eigenvalue weighted by Crippen LogP contribution is 2.30. The Balaban J connectivity index is 2.93. The first-order valence-corrected chi connectivity index (χ1v) is 5.22. The van der Waals surface area contributed by atoms with Gasteiger partial charge in [0.1, 0.15) is 0 Å². The molecule has 0 aliphatic rings. The van der Waals surface area contributed by atoms with Crippen molar-refractivity contribution in [2.45, 2.75) is 4.90 Å². The third-order valence-corrected chi connectivity index (χ3v) is 3.00. The van der Waals surface area contributed by atoms with Gasteiger partial charge >= 0.3 is 0 Å². The zero-order chi connectivity index (χ0) is 10.8. The third kappa shape index (κ3) is 1.59. The van der Waals surface area contributed by atoms with Crippen molar-refractivity contribution in [1.29, 1.82) is 0 Å². The van der Waals surface area contributed by atoms with Crippen LogP contribution in [-0.2, 0) is 0 Å². The van der Waals surface area contributed by atoms with Gasteiger partial charge in [-0.05, 0) is 28.0 Å². The second-order valence-electron chi connectivity index (χ2n) is 3.36. The van der Waals surface area contributed by atoms with Gasteiger partial charge in [0.25, 0.3) is 0 Å². The molecular weight excluding hydrogens is 200 g/mol. The molecule has 1 heteroatoms. The van der Waals surface area contributed by atoms with Crippen molar-refractivity contribution in [2.75, 3.05) is 0 Å². The number of thiol groups is 1. The zero-order valence-electron chi connectivity index (χ0n) is 8.40. The molecular formula is C14H12S. The van der Waals surface area contributed by atoms with Gasteiger partial charge in [-0.1, -0.05) is 49.6 Å². The Morgan fingerprint density at radius 3 is 2.47 bits per heavy atom. The lowest BCUT2D eigenvalue weighted by atomic mass is 10.0. The normalized spacial score (nSPS) is 10.2. The Morgan fingerprint density at radius 2 is 1.80 bits per heavy atom. The lowest BCUT2D eigenvalue weighted by molar-refractivity contribution is 1.49. The lowest BCUT2D eigenvalue weighted by Crippen LogP contribution is -1.85. The summed E-state index contributed by atoms with van der Waals surface area (Å²) in [5.74, 6) is 0. The summed E-state index contributed by atoms with van der Waals surface area (Å²) in [5.41, 5.74) is 2.13. The lowest BCUT2D eigenvalue weighted by Gasteiger charge is -2.09. The van der Waals surface area contributed by atoms with Crippen LogP contribution in [0.15, 0.2) is 48.4 Å². The van der Waals surface area contributed by atoms with Crippen molar-refractivity contribution >= 4 is 35.6 Å². The molecule has 0 heterocycles. The molecule has 0 N–H and O–H groups in total. The summed E-state index contributed by atoms with van der Waals surface area (Å²) in [6.45, 7) is 7.62. The Bertz CT molecular complexity index is 538. The first-order chi connectivity index (χ1) is 7.27. The molecule has 0 saturated carbocycles. The van der Waals surface area contributed by atoms with Crippen LogP contribution >= 0.6 is 12.6 Å². The van der Waals surface area contributed by atoms with Crippen molar-refractivity contribution in [3.8, 4) is 0 Å². The minimum absolute atomic E-state index is 0.970. The van der Waals surface area contributed by atoms with E-state index in [1.54, 1.807) is 0 Å². The minimum Gasteiger partial charge on any atom is -0.142 e. The maximum atomic E-state index is 4.55. The van der Waals surface area contributed by atoms with E-state index in [1.165, 1.54) is 5.39 Å². The maximum absolute atomic E-state index is 4.55.